The minimum atomic E-state index is -1.73. The van der Waals surface area contributed by atoms with E-state index in [0.29, 0.717) is 5.41 Å². The molecule has 3 unspecified atom stereocenters. The fraction of sp³-hybridized carbons (Fsp3) is 0.652. The fourth-order valence-corrected chi connectivity index (χ4v) is 7.41. The van der Waals surface area contributed by atoms with Gasteiger partial charge in [0.2, 0.25) is 8.32 Å². The predicted octanol–water partition coefficient (Wildman–Crippen LogP) is 6.33. The summed E-state index contributed by atoms with van der Waals surface area (Å²) in [5.41, 5.74) is 3.89. The molecule has 2 bridgehead atoms. The smallest absolute Gasteiger partial charge is 0.245 e. The number of aryl methyl sites for hydroxylation is 2. The Hall–Kier alpha value is -1.20. The zero-order valence-corrected chi connectivity index (χ0v) is 17.9. The Kier molecular flexibility index (Phi) is 4.84. The number of hydrogen-bond acceptors (Lipinski definition) is 1. The van der Waals surface area contributed by atoms with Crippen LogP contribution in [0.4, 0.5) is 0 Å². The highest BCUT2D eigenvalue weighted by molar-refractivity contribution is 6.71. The van der Waals surface area contributed by atoms with Gasteiger partial charge in [-0.05, 0) is 105 Å². The molecule has 4 rings (SSSR count). The Morgan fingerprint density at radius 1 is 1.20 bits per heavy atom. The molecule has 0 radical (unpaired) electrons. The molecule has 25 heavy (non-hydrogen) atoms. The fourth-order valence-electron chi connectivity index (χ4n) is 5.36. The second-order valence-corrected chi connectivity index (χ2v) is 13.9. The Labute approximate surface area is 155 Å². The molecule has 3 fully saturated rings. The lowest BCUT2D eigenvalue weighted by Gasteiger charge is -2.60. The van der Waals surface area contributed by atoms with Crippen LogP contribution < -0.4 is 4.43 Å². The van der Waals surface area contributed by atoms with E-state index in [1.165, 1.54) is 42.9 Å². The summed E-state index contributed by atoms with van der Waals surface area (Å²) in [6.45, 7) is 14.0. The van der Waals surface area contributed by atoms with E-state index in [9.17, 15) is 0 Å². The molecular formula is C23H34OSi. The van der Waals surface area contributed by atoms with Crippen molar-refractivity contribution in [2.24, 2.45) is 23.2 Å². The van der Waals surface area contributed by atoms with Gasteiger partial charge in [-0.1, -0.05) is 19.8 Å². The first kappa shape index (κ1) is 18.6. The molecule has 1 aromatic rings. The first-order valence-electron chi connectivity index (χ1n) is 9.91. The molecule has 0 saturated heterocycles. The van der Waals surface area contributed by atoms with Crippen molar-refractivity contribution < 1.29 is 4.43 Å². The molecule has 3 saturated carbocycles. The molecule has 2 heteroatoms. The molecule has 0 spiro atoms. The number of hydrogen-bond donors (Lipinski definition) is 0. The molecule has 0 aliphatic heterocycles. The van der Waals surface area contributed by atoms with Crippen LogP contribution in [0.15, 0.2) is 12.1 Å². The van der Waals surface area contributed by atoms with E-state index in [2.05, 4.69) is 58.8 Å². The zero-order chi connectivity index (χ0) is 18.4. The minimum absolute atomic E-state index is 0.591. The van der Waals surface area contributed by atoms with Gasteiger partial charge in [0.15, 0.2) is 0 Å². The summed E-state index contributed by atoms with van der Waals surface area (Å²) in [6.07, 6.45) is 11.3. The van der Waals surface area contributed by atoms with Crippen molar-refractivity contribution in [3.05, 3.63) is 28.8 Å². The molecular weight excluding hydrogens is 320 g/mol. The standard InChI is InChI=1S/C23H34OSi/c1-8-18-13-16(2)22(17(3)14-18)24-25(6,7)12-11-19-9-10-20-15-21(19)23(20,4)5/h1,13-14,19-21H,9-12,15H2,2-7H3. The van der Waals surface area contributed by atoms with Crippen molar-refractivity contribution >= 4 is 8.32 Å². The third-order valence-electron chi connectivity index (χ3n) is 7.12. The largest absolute Gasteiger partial charge is 0.544 e. The van der Waals surface area contributed by atoms with Gasteiger partial charge in [-0.25, -0.2) is 0 Å². The predicted molar refractivity (Wildman–Crippen MR) is 109 cm³/mol. The van der Waals surface area contributed by atoms with Crippen LogP contribution in [0, 0.1) is 49.4 Å². The number of rotatable bonds is 5. The Morgan fingerprint density at radius 3 is 2.36 bits per heavy atom. The van der Waals surface area contributed by atoms with E-state index in [1.54, 1.807) is 0 Å². The van der Waals surface area contributed by atoms with Crippen LogP contribution in [0.2, 0.25) is 19.1 Å². The molecule has 0 N–H and O–H groups in total. The quantitative estimate of drug-likeness (QED) is 0.443. The summed E-state index contributed by atoms with van der Waals surface area (Å²) in [4.78, 5) is 0. The third-order valence-corrected chi connectivity index (χ3v) is 9.37. The Bertz CT molecular complexity index is 670. The van der Waals surface area contributed by atoms with Gasteiger partial charge in [-0.15, -0.1) is 6.42 Å². The summed E-state index contributed by atoms with van der Waals surface area (Å²) < 4.78 is 6.62. The van der Waals surface area contributed by atoms with Gasteiger partial charge in [0.05, 0.1) is 0 Å². The maximum atomic E-state index is 6.62. The van der Waals surface area contributed by atoms with Gasteiger partial charge in [-0.2, -0.15) is 0 Å². The molecule has 3 aliphatic carbocycles. The highest BCUT2D eigenvalue weighted by atomic mass is 28.4. The number of terminal acetylenes is 1. The van der Waals surface area contributed by atoms with Gasteiger partial charge in [0.25, 0.3) is 0 Å². The lowest BCUT2D eigenvalue weighted by molar-refractivity contribution is -0.105. The van der Waals surface area contributed by atoms with E-state index in [0.717, 1.165) is 29.1 Å². The van der Waals surface area contributed by atoms with Crippen LogP contribution in [-0.2, 0) is 0 Å². The zero-order valence-electron chi connectivity index (χ0n) is 16.9. The van der Waals surface area contributed by atoms with Crippen molar-refractivity contribution in [3.63, 3.8) is 0 Å². The SMILES string of the molecule is C#Cc1cc(C)c(O[Si](C)(C)CCC2CCC3CC2C3(C)C)c(C)c1. The molecule has 0 heterocycles. The van der Waals surface area contributed by atoms with Crippen molar-refractivity contribution in [1.82, 2.24) is 0 Å². The van der Waals surface area contributed by atoms with E-state index in [4.69, 9.17) is 10.8 Å². The highest BCUT2D eigenvalue weighted by Gasteiger charge is 2.54. The number of benzene rings is 1. The molecule has 136 valence electrons. The van der Waals surface area contributed by atoms with Crippen LogP contribution in [0.3, 0.4) is 0 Å². The van der Waals surface area contributed by atoms with Gasteiger partial charge in [0, 0.05) is 5.56 Å². The van der Waals surface area contributed by atoms with E-state index in [-0.39, 0.29) is 0 Å². The summed E-state index contributed by atoms with van der Waals surface area (Å²) in [7, 11) is -1.73. The molecule has 3 aliphatic rings. The average Bonchev–Trinajstić information content (AvgIpc) is 2.56. The van der Waals surface area contributed by atoms with Crippen LogP contribution in [0.5, 0.6) is 5.75 Å². The molecule has 3 atom stereocenters. The lowest BCUT2D eigenvalue weighted by Crippen LogP contribution is -2.52. The summed E-state index contributed by atoms with van der Waals surface area (Å²) >= 11 is 0. The second kappa shape index (κ2) is 6.51. The van der Waals surface area contributed by atoms with E-state index in [1.807, 2.05) is 0 Å². The van der Waals surface area contributed by atoms with Gasteiger partial charge in [0.1, 0.15) is 5.75 Å². The van der Waals surface area contributed by atoms with E-state index < -0.39 is 8.32 Å². The Morgan fingerprint density at radius 2 is 1.84 bits per heavy atom. The van der Waals surface area contributed by atoms with Crippen LogP contribution in [-0.4, -0.2) is 8.32 Å². The first-order valence-corrected chi connectivity index (χ1v) is 13.0. The summed E-state index contributed by atoms with van der Waals surface area (Å²) in [5.74, 6) is 6.68. The van der Waals surface area contributed by atoms with E-state index >= 15 is 0 Å². The second-order valence-electron chi connectivity index (χ2n) is 9.68. The van der Waals surface area contributed by atoms with Gasteiger partial charge >= 0.3 is 0 Å². The first-order chi connectivity index (χ1) is 11.6. The monoisotopic (exact) mass is 354 g/mol. The van der Waals surface area contributed by atoms with Crippen LogP contribution >= 0.6 is 0 Å². The third kappa shape index (κ3) is 3.54. The number of fused-ring (bicyclic) bond motifs is 2. The summed E-state index contributed by atoms with van der Waals surface area (Å²) in [5, 5.41) is 0. The van der Waals surface area contributed by atoms with Crippen molar-refractivity contribution in [3.8, 4) is 18.1 Å². The Balaban J connectivity index is 1.64. The topological polar surface area (TPSA) is 9.23 Å². The molecule has 1 aromatic carbocycles. The molecule has 0 aromatic heterocycles. The minimum Gasteiger partial charge on any atom is -0.544 e. The van der Waals surface area contributed by atoms with Crippen molar-refractivity contribution in [2.45, 2.75) is 72.5 Å². The molecule has 0 amide bonds. The van der Waals surface area contributed by atoms with Crippen LogP contribution in [0.1, 0.15) is 56.2 Å². The van der Waals surface area contributed by atoms with Gasteiger partial charge in [-0.3, -0.25) is 0 Å². The normalized spacial score (nSPS) is 27.3. The van der Waals surface area contributed by atoms with Gasteiger partial charge < -0.3 is 4.43 Å². The van der Waals surface area contributed by atoms with Crippen LogP contribution in [0.25, 0.3) is 0 Å². The average molecular weight is 355 g/mol. The lowest BCUT2D eigenvalue weighted by atomic mass is 9.45. The maximum absolute atomic E-state index is 6.62. The highest BCUT2D eigenvalue weighted by Crippen LogP contribution is 2.62. The maximum Gasteiger partial charge on any atom is 0.245 e. The van der Waals surface area contributed by atoms with Crippen molar-refractivity contribution in [1.29, 1.82) is 0 Å². The van der Waals surface area contributed by atoms with Crippen molar-refractivity contribution in [2.75, 3.05) is 0 Å². The molecule has 1 nitrogen and oxygen atoms in total. The summed E-state index contributed by atoms with van der Waals surface area (Å²) in [6, 6.07) is 5.40.